The Balaban J connectivity index is 1.28. The first kappa shape index (κ1) is 22.7. The van der Waals surface area contributed by atoms with Gasteiger partial charge in [-0.15, -0.1) is 0 Å². The molecule has 0 bridgehead atoms. The zero-order chi connectivity index (χ0) is 22.4. The van der Waals surface area contributed by atoms with Gasteiger partial charge >= 0.3 is 0 Å². The number of piperidine rings is 1. The summed E-state index contributed by atoms with van der Waals surface area (Å²) in [5.74, 6) is 2.80. The van der Waals surface area contributed by atoms with Gasteiger partial charge in [0.25, 0.3) is 0 Å². The monoisotopic (exact) mass is 443 g/mol. The number of hydrogen-bond donors (Lipinski definition) is 0. The van der Waals surface area contributed by atoms with Crippen molar-refractivity contribution in [2.24, 2.45) is 5.92 Å². The fourth-order valence-corrected chi connectivity index (χ4v) is 4.80. The zero-order valence-electron chi connectivity index (χ0n) is 19.0. The van der Waals surface area contributed by atoms with Crippen LogP contribution in [0.25, 0.3) is 0 Å². The molecule has 1 aromatic carbocycles. The molecule has 1 atom stereocenters. The van der Waals surface area contributed by atoms with Gasteiger partial charge < -0.3 is 23.6 Å². The lowest BCUT2D eigenvalue weighted by molar-refractivity contribution is -0.146. The van der Waals surface area contributed by atoms with Crippen LogP contribution in [0.15, 0.2) is 28.8 Å². The van der Waals surface area contributed by atoms with Gasteiger partial charge in [-0.1, -0.05) is 17.3 Å². The third kappa shape index (κ3) is 5.66. The van der Waals surface area contributed by atoms with E-state index in [4.69, 9.17) is 18.7 Å². The molecule has 8 heteroatoms. The quantitative estimate of drug-likeness (QED) is 0.620. The largest absolute Gasteiger partial charge is 0.497 e. The molecule has 1 aromatic heterocycles. The SMILES string of the molecule is COCCc1noc(C[C@H]2CCOC3(CCN(C(=O)Cc4cccc(OC)c4)CC3)C2)n1. The Labute approximate surface area is 189 Å². The van der Waals surface area contributed by atoms with Crippen molar-refractivity contribution >= 4 is 5.91 Å². The summed E-state index contributed by atoms with van der Waals surface area (Å²) in [6, 6.07) is 7.71. The number of carbonyl (C=O) groups excluding carboxylic acids is 1. The van der Waals surface area contributed by atoms with Gasteiger partial charge in [0, 0.05) is 39.6 Å². The molecule has 0 radical (unpaired) electrons. The third-order valence-electron chi connectivity index (χ3n) is 6.62. The van der Waals surface area contributed by atoms with E-state index >= 15 is 0 Å². The molecular formula is C24H33N3O5. The molecule has 2 aliphatic heterocycles. The number of rotatable bonds is 8. The number of hydrogen-bond acceptors (Lipinski definition) is 7. The van der Waals surface area contributed by atoms with Crippen molar-refractivity contribution in [3.8, 4) is 5.75 Å². The molecule has 0 unspecified atom stereocenters. The predicted molar refractivity (Wildman–Crippen MR) is 118 cm³/mol. The van der Waals surface area contributed by atoms with Crippen LogP contribution in [0.5, 0.6) is 5.75 Å². The summed E-state index contributed by atoms with van der Waals surface area (Å²) >= 11 is 0. The van der Waals surface area contributed by atoms with Crippen LogP contribution in [-0.2, 0) is 33.5 Å². The average Bonchev–Trinajstić information content (AvgIpc) is 3.25. The lowest BCUT2D eigenvalue weighted by atomic mass is 9.78. The summed E-state index contributed by atoms with van der Waals surface area (Å²) in [6.07, 6.45) is 5.56. The van der Waals surface area contributed by atoms with E-state index in [1.165, 1.54) is 0 Å². The van der Waals surface area contributed by atoms with Gasteiger partial charge in [-0.3, -0.25) is 4.79 Å². The highest BCUT2D eigenvalue weighted by atomic mass is 16.5. The highest BCUT2D eigenvalue weighted by molar-refractivity contribution is 5.79. The third-order valence-corrected chi connectivity index (χ3v) is 6.62. The van der Waals surface area contributed by atoms with Crippen LogP contribution in [0.1, 0.15) is 43.0 Å². The summed E-state index contributed by atoms with van der Waals surface area (Å²) in [7, 11) is 3.31. The van der Waals surface area contributed by atoms with E-state index in [1.54, 1.807) is 14.2 Å². The smallest absolute Gasteiger partial charge is 0.226 e. The molecule has 1 amide bonds. The highest BCUT2D eigenvalue weighted by Gasteiger charge is 2.41. The van der Waals surface area contributed by atoms with Gasteiger partial charge in [0.05, 0.1) is 25.7 Å². The van der Waals surface area contributed by atoms with Crippen LogP contribution >= 0.6 is 0 Å². The minimum Gasteiger partial charge on any atom is -0.497 e. The highest BCUT2D eigenvalue weighted by Crippen LogP contribution is 2.38. The molecule has 32 heavy (non-hydrogen) atoms. The number of aromatic nitrogens is 2. The summed E-state index contributed by atoms with van der Waals surface area (Å²) in [4.78, 5) is 19.3. The molecule has 1 spiro atoms. The number of carbonyl (C=O) groups is 1. The van der Waals surface area contributed by atoms with Gasteiger partial charge in [0.15, 0.2) is 5.82 Å². The molecular weight excluding hydrogens is 410 g/mol. The molecule has 2 aliphatic rings. The van der Waals surface area contributed by atoms with Gasteiger partial charge in [-0.05, 0) is 49.3 Å². The Morgan fingerprint density at radius 2 is 2.12 bits per heavy atom. The van der Waals surface area contributed by atoms with E-state index in [1.807, 2.05) is 29.2 Å². The van der Waals surface area contributed by atoms with Crippen molar-refractivity contribution in [2.45, 2.75) is 50.5 Å². The first-order valence-electron chi connectivity index (χ1n) is 11.4. The molecule has 2 aromatic rings. The van der Waals surface area contributed by atoms with Crippen LogP contribution in [0.2, 0.25) is 0 Å². The van der Waals surface area contributed by atoms with E-state index in [0.717, 1.165) is 63.1 Å². The Hall–Kier alpha value is -2.45. The van der Waals surface area contributed by atoms with E-state index in [2.05, 4.69) is 10.1 Å². The average molecular weight is 444 g/mol. The maximum atomic E-state index is 12.8. The van der Waals surface area contributed by atoms with Crippen molar-refractivity contribution in [2.75, 3.05) is 40.5 Å². The Morgan fingerprint density at radius 1 is 1.28 bits per heavy atom. The number of likely N-dealkylation sites (tertiary alicyclic amines) is 1. The van der Waals surface area contributed by atoms with E-state index in [0.29, 0.717) is 37.1 Å². The summed E-state index contributed by atoms with van der Waals surface area (Å²) in [6.45, 7) is 2.80. The molecule has 174 valence electrons. The van der Waals surface area contributed by atoms with Crippen LogP contribution in [0, 0.1) is 5.92 Å². The second-order valence-electron chi connectivity index (χ2n) is 8.85. The Morgan fingerprint density at radius 3 is 2.91 bits per heavy atom. The standard InChI is InChI=1S/C24H33N3O5/c1-29-12-7-21-25-22(32-26-21)15-19-6-13-31-24(17-19)8-10-27(11-9-24)23(28)16-18-4-3-5-20(14-18)30-2/h3-5,14,19H,6-13,15-17H2,1-2H3/t19-/m1/s1. The Bertz CT molecular complexity index is 891. The van der Waals surface area contributed by atoms with Gasteiger partial charge in [0.2, 0.25) is 11.8 Å². The number of benzene rings is 1. The molecule has 3 heterocycles. The second-order valence-corrected chi connectivity index (χ2v) is 8.85. The lowest BCUT2D eigenvalue weighted by Crippen LogP contribution is -2.51. The first-order chi connectivity index (χ1) is 15.6. The maximum Gasteiger partial charge on any atom is 0.226 e. The molecule has 8 nitrogen and oxygen atoms in total. The van der Waals surface area contributed by atoms with Gasteiger partial charge in [0.1, 0.15) is 5.75 Å². The predicted octanol–water partition coefficient (Wildman–Crippen LogP) is 2.84. The van der Waals surface area contributed by atoms with Crippen molar-refractivity contribution in [3.63, 3.8) is 0 Å². The van der Waals surface area contributed by atoms with Crippen molar-refractivity contribution in [1.29, 1.82) is 0 Å². The van der Waals surface area contributed by atoms with Crippen LogP contribution in [-0.4, -0.2) is 67.1 Å². The van der Waals surface area contributed by atoms with Crippen LogP contribution < -0.4 is 4.74 Å². The minimum atomic E-state index is -0.144. The topological polar surface area (TPSA) is 86.9 Å². The number of methoxy groups -OCH3 is 2. The molecule has 0 aliphatic carbocycles. The number of amides is 1. The number of nitrogens with zero attached hydrogens (tertiary/aromatic N) is 3. The normalized spacial score (nSPS) is 20.4. The summed E-state index contributed by atoms with van der Waals surface area (Å²) < 4.78 is 22.1. The Kier molecular flexibility index (Phi) is 7.42. The summed E-state index contributed by atoms with van der Waals surface area (Å²) in [5.41, 5.74) is 0.835. The number of ether oxygens (including phenoxy) is 3. The first-order valence-corrected chi connectivity index (χ1v) is 11.4. The molecule has 2 fully saturated rings. The fraction of sp³-hybridized carbons (Fsp3) is 0.625. The zero-order valence-corrected chi connectivity index (χ0v) is 19.0. The molecule has 4 rings (SSSR count). The van der Waals surface area contributed by atoms with Gasteiger partial charge in [-0.2, -0.15) is 4.98 Å². The minimum absolute atomic E-state index is 0.144. The van der Waals surface area contributed by atoms with Crippen molar-refractivity contribution < 1.29 is 23.5 Å². The van der Waals surface area contributed by atoms with Crippen LogP contribution in [0.3, 0.4) is 0 Å². The molecule has 0 N–H and O–H groups in total. The maximum absolute atomic E-state index is 12.8. The van der Waals surface area contributed by atoms with E-state index in [-0.39, 0.29) is 11.5 Å². The molecule has 0 saturated carbocycles. The van der Waals surface area contributed by atoms with E-state index in [9.17, 15) is 4.79 Å². The van der Waals surface area contributed by atoms with Gasteiger partial charge in [-0.25, -0.2) is 0 Å². The van der Waals surface area contributed by atoms with E-state index < -0.39 is 0 Å². The fourth-order valence-electron chi connectivity index (χ4n) is 4.80. The van der Waals surface area contributed by atoms with Crippen molar-refractivity contribution in [1.82, 2.24) is 15.0 Å². The van der Waals surface area contributed by atoms with Crippen molar-refractivity contribution in [3.05, 3.63) is 41.5 Å². The van der Waals surface area contributed by atoms with Crippen LogP contribution in [0.4, 0.5) is 0 Å². The molecule has 2 saturated heterocycles. The lowest BCUT2D eigenvalue weighted by Gasteiger charge is -2.46. The second kappa shape index (κ2) is 10.4. The summed E-state index contributed by atoms with van der Waals surface area (Å²) in [5, 5.41) is 4.05.